The Labute approximate surface area is 229 Å². The number of carbonyl (C=O) groups excluding carboxylic acids is 1. The highest BCUT2D eigenvalue weighted by Crippen LogP contribution is 2.30. The van der Waals surface area contributed by atoms with Crippen molar-refractivity contribution >= 4 is 23.6 Å². The molecule has 39 heavy (non-hydrogen) atoms. The van der Waals surface area contributed by atoms with Gasteiger partial charge in [-0.2, -0.15) is 0 Å². The average Bonchev–Trinajstić information content (AvgIpc) is 3.37. The first-order valence-electron chi connectivity index (χ1n) is 13.3. The van der Waals surface area contributed by atoms with Crippen LogP contribution < -0.4 is 10.1 Å². The third-order valence-electron chi connectivity index (χ3n) is 7.05. The Morgan fingerprint density at radius 2 is 1.87 bits per heavy atom. The number of benzene rings is 1. The predicted molar refractivity (Wildman–Crippen MR) is 151 cm³/mol. The molecule has 1 aliphatic heterocycles. The molecule has 0 unspecified atom stereocenters. The molecule has 5 rings (SSSR count). The highest BCUT2D eigenvalue weighted by atomic mass is 16.5. The molecule has 1 fully saturated rings. The van der Waals surface area contributed by atoms with Crippen molar-refractivity contribution in [3.63, 3.8) is 0 Å². The molecule has 1 saturated heterocycles. The predicted octanol–water partition coefficient (Wildman–Crippen LogP) is 2.30. The zero-order valence-electron chi connectivity index (χ0n) is 22.5. The Morgan fingerprint density at radius 3 is 2.69 bits per heavy atom. The number of rotatable bonds is 10. The number of nitrogens with zero attached hydrogens (tertiary/aromatic N) is 6. The molecular weight excluding hydrogens is 494 g/mol. The number of piperazine rings is 1. The lowest BCUT2D eigenvalue weighted by Gasteiger charge is -2.32. The second-order valence-corrected chi connectivity index (χ2v) is 10.00. The molecular formula is C29H35N7O3. The standard InChI is InChI=1S/C29H35N7O3/c1-34-9-11-36(12-10-34)28(38)23-17-21-3-4-24(19-22(21)18-23)32-29-31-8-6-26(33-29)27-20-25(5-7-30-27)39-16-14-35(2)13-15-37/h3-8,18-20,37H,9-17H2,1-2H3,(H,31,32,33). The lowest BCUT2D eigenvalue weighted by molar-refractivity contribution is -0.128. The monoisotopic (exact) mass is 529 g/mol. The van der Waals surface area contributed by atoms with Crippen LogP contribution in [0.25, 0.3) is 17.5 Å². The Morgan fingerprint density at radius 1 is 1.05 bits per heavy atom. The van der Waals surface area contributed by atoms with Gasteiger partial charge >= 0.3 is 0 Å². The largest absolute Gasteiger partial charge is 0.492 e. The molecule has 2 aliphatic rings. The van der Waals surface area contributed by atoms with Gasteiger partial charge in [-0.05, 0) is 55.6 Å². The van der Waals surface area contributed by atoms with Crippen LogP contribution in [0.15, 0.2) is 54.4 Å². The Bertz CT molecular complexity index is 1340. The van der Waals surface area contributed by atoms with Gasteiger partial charge in [-0.3, -0.25) is 9.78 Å². The van der Waals surface area contributed by atoms with E-state index in [1.54, 1.807) is 12.4 Å². The third kappa shape index (κ3) is 6.78. The fraction of sp³-hybridized carbons (Fsp3) is 0.379. The second kappa shape index (κ2) is 12.3. The van der Waals surface area contributed by atoms with E-state index in [0.717, 1.165) is 48.6 Å². The molecule has 1 amide bonds. The van der Waals surface area contributed by atoms with Gasteiger partial charge in [-0.1, -0.05) is 6.07 Å². The van der Waals surface area contributed by atoms with E-state index < -0.39 is 0 Å². The average molecular weight is 530 g/mol. The maximum absolute atomic E-state index is 13.0. The summed E-state index contributed by atoms with van der Waals surface area (Å²) in [5, 5.41) is 12.3. The summed E-state index contributed by atoms with van der Waals surface area (Å²) < 4.78 is 5.87. The van der Waals surface area contributed by atoms with Gasteiger partial charge in [0.15, 0.2) is 0 Å². The van der Waals surface area contributed by atoms with E-state index in [2.05, 4.69) is 38.3 Å². The Balaban J connectivity index is 1.24. The smallest absolute Gasteiger partial charge is 0.250 e. The fourth-order valence-corrected chi connectivity index (χ4v) is 4.70. The number of ether oxygens (including phenoxy) is 1. The number of hydrogen-bond donors (Lipinski definition) is 2. The minimum absolute atomic E-state index is 0.125. The zero-order chi connectivity index (χ0) is 27.2. The van der Waals surface area contributed by atoms with Gasteiger partial charge in [0.1, 0.15) is 12.4 Å². The summed E-state index contributed by atoms with van der Waals surface area (Å²) in [7, 11) is 4.03. The summed E-state index contributed by atoms with van der Waals surface area (Å²) in [6.07, 6.45) is 6.07. The number of aliphatic hydroxyl groups is 1. The molecule has 3 heterocycles. The normalized spacial score (nSPS) is 15.3. The van der Waals surface area contributed by atoms with Crippen LogP contribution >= 0.6 is 0 Å². The zero-order valence-corrected chi connectivity index (χ0v) is 22.5. The first-order chi connectivity index (χ1) is 19.0. The molecule has 204 valence electrons. The number of carbonyl (C=O) groups is 1. The van der Waals surface area contributed by atoms with Crippen molar-refractivity contribution in [1.82, 2.24) is 29.7 Å². The topological polar surface area (TPSA) is 107 Å². The summed E-state index contributed by atoms with van der Waals surface area (Å²) in [4.78, 5) is 32.8. The fourth-order valence-electron chi connectivity index (χ4n) is 4.70. The van der Waals surface area contributed by atoms with Crippen molar-refractivity contribution in [2.24, 2.45) is 0 Å². The van der Waals surface area contributed by atoms with Gasteiger partial charge in [0.2, 0.25) is 11.9 Å². The van der Waals surface area contributed by atoms with Crippen molar-refractivity contribution in [1.29, 1.82) is 0 Å². The van der Waals surface area contributed by atoms with Gasteiger partial charge in [-0.15, -0.1) is 0 Å². The Kier molecular flexibility index (Phi) is 8.45. The van der Waals surface area contributed by atoms with Crippen molar-refractivity contribution < 1.29 is 14.6 Å². The third-order valence-corrected chi connectivity index (χ3v) is 7.05. The van der Waals surface area contributed by atoms with Crippen molar-refractivity contribution in [2.45, 2.75) is 6.42 Å². The number of amides is 1. The van der Waals surface area contributed by atoms with Crippen LogP contribution in [0, 0.1) is 0 Å². The van der Waals surface area contributed by atoms with Crippen LogP contribution in [0.2, 0.25) is 0 Å². The van der Waals surface area contributed by atoms with Crippen molar-refractivity contribution in [3.8, 4) is 17.1 Å². The maximum Gasteiger partial charge on any atom is 0.250 e. The van der Waals surface area contributed by atoms with E-state index in [0.29, 0.717) is 49.2 Å². The van der Waals surface area contributed by atoms with E-state index in [1.165, 1.54) is 0 Å². The molecule has 3 aromatic rings. The van der Waals surface area contributed by atoms with E-state index >= 15 is 0 Å². The molecule has 0 bridgehead atoms. The molecule has 2 N–H and O–H groups in total. The van der Waals surface area contributed by atoms with Gasteiger partial charge in [0.05, 0.1) is 18.0 Å². The number of nitrogens with one attached hydrogen (secondary N) is 1. The first kappa shape index (κ1) is 26.7. The number of fused-ring (bicyclic) bond motifs is 1. The number of aromatic nitrogens is 3. The number of aliphatic hydroxyl groups excluding tert-OH is 1. The molecule has 0 atom stereocenters. The van der Waals surface area contributed by atoms with Crippen molar-refractivity contribution in [3.05, 3.63) is 65.5 Å². The van der Waals surface area contributed by atoms with E-state index in [-0.39, 0.29) is 12.5 Å². The Hall–Kier alpha value is -3.86. The van der Waals surface area contributed by atoms with Crippen LogP contribution in [-0.2, 0) is 11.2 Å². The summed E-state index contributed by atoms with van der Waals surface area (Å²) in [6.45, 7) is 5.32. The number of anilines is 2. The highest BCUT2D eigenvalue weighted by Gasteiger charge is 2.25. The number of hydrogen-bond acceptors (Lipinski definition) is 9. The molecule has 0 spiro atoms. The molecule has 1 aliphatic carbocycles. The summed E-state index contributed by atoms with van der Waals surface area (Å²) in [6, 6.07) is 11.6. The molecule has 1 aromatic carbocycles. The first-order valence-corrected chi connectivity index (χ1v) is 13.3. The minimum Gasteiger partial charge on any atom is -0.492 e. The summed E-state index contributed by atoms with van der Waals surface area (Å²) >= 11 is 0. The lowest BCUT2D eigenvalue weighted by Crippen LogP contribution is -2.47. The van der Waals surface area contributed by atoms with Crippen LogP contribution in [0.5, 0.6) is 5.75 Å². The molecule has 10 heteroatoms. The van der Waals surface area contributed by atoms with E-state index in [9.17, 15) is 4.79 Å². The lowest BCUT2D eigenvalue weighted by atomic mass is 10.1. The molecule has 0 saturated carbocycles. The van der Waals surface area contributed by atoms with Crippen LogP contribution in [0.3, 0.4) is 0 Å². The summed E-state index contributed by atoms with van der Waals surface area (Å²) in [5.74, 6) is 1.31. The van der Waals surface area contributed by atoms with Crippen LogP contribution in [0.1, 0.15) is 11.1 Å². The SMILES string of the molecule is CN(CCO)CCOc1ccnc(-c2ccnc(Nc3ccc4c(c3)C=C(C(=O)N3CCN(C)CC3)C4)n2)c1. The second-order valence-electron chi connectivity index (χ2n) is 10.00. The number of likely N-dealkylation sites (N-methyl/N-ethyl adjacent to an activating group) is 2. The maximum atomic E-state index is 13.0. The minimum atomic E-state index is 0.125. The summed E-state index contributed by atoms with van der Waals surface area (Å²) in [5.41, 5.74) is 5.26. The molecule has 0 radical (unpaired) electrons. The van der Waals surface area contributed by atoms with Gasteiger partial charge in [0, 0.05) is 75.4 Å². The van der Waals surface area contributed by atoms with Gasteiger partial charge < -0.3 is 29.9 Å². The van der Waals surface area contributed by atoms with E-state index in [4.69, 9.17) is 9.84 Å². The number of pyridine rings is 1. The van der Waals surface area contributed by atoms with Gasteiger partial charge in [0.25, 0.3) is 0 Å². The quantitative estimate of drug-likeness (QED) is 0.409. The van der Waals surface area contributed by atoms with Crippen LogP contribution in [-0.4, -0.2) is 107 Å². The van der Waals surface area contributed by atoms with Crippen LogP contribution in [0.4, 0.5) is 11.6 Å². The molecule has 2 aromatic heterocycles. The van der Waals surface area contributed by atoms with Crippen molar-refractivity contribution in [2.75, 3.05) is 71.9 Å². The van der Waals surface area contributed by atoms with E-state index in [1.807, 2.05) is 53.3 Å². The highest BCUT2D eigenvalue weighted by molar-refractivity contribution is 6.00. The van der Waals surface area contributed by atoms with Gasteiger partial charge in [-0.25, -0.2) is 9.97 Å². The molecule has 10 nitrogen and oxygen atoms in total.